The molecule has 1 aromatic carbocycles. The molecule has 1 unspecified atom stereocenters. The Bertz CT molecular complexity index is 361. The molecule has 0 aliphatic carbocycles. The summed E-state index contributed by atoms with van der Waals surface area (Å²) in [6.07, 6.45) is 1.95. The molecule has 0 N–H and O–H groups in total. The Hall–Kier alpha value is -1.39. The predicted molar refractivity (Wildman–Crippen MR) is 78.4 cm³/mol. The summed E-state index contributed by atoms with van der Waals surface area (Å²) in [7, 11) is 0. The van der Waals surface area contributed by atoms with Gasteiger partial charge in [0.15, 0.2) is 0 Å². The smallest absolute Gasteiger partial charge is 0.150 e. The van der Waals surface area contributed by atoms with Gasteiger partial charge in [0.05, 0.1) is 19.8 Å². The van der Waals surface area contributed by atoms with Crippen molar-refractivity contribution in [3.05, 3.63) is 29.8 Å². The molecule has 0 spiro atoms. The molecule has 4 heteroatoms. The van der Waals surface area contributed by atoms with E-state index in [0.29, 0.717) is 37.9 Å². The summed E-state index contributed by atoms with van der Waals surface area (Å²) in [6, 6.07) is 7.01. The number of hydrogen-bond acceptors (Lipinski definition) is 4. The predicted octanol–water partition coefficient (Wildman–Crippen LogP) is 2.96. The van der Waals surface area contributed by atoms with Gasteiger partial charge in [-0.1, -0.05) is 20.3 Å². The number of hydrogen-bond donors (Lipinski definition) is 0. The van der Waals surface area contributed by atoms with Crippen LogP contribution in [0, 0.1) is 5.92 Å². The van der Waals surface area contributed by atoms with Crippen molar-refractivity contribution in [3.8, 4) is 5.75 Å². The lowest BCUT2D eigenvalue weighted by Gasteiger charge is -2.10. The van der Waals surface area contributed by atoms with Crippen LogP contribution in [0.25, 0.3) is 0 Å². The van der Waals surface area contributed by atoms with Crippen molar-refractivity contribution < 1.29 is 19.0 Å². The molecular formula is C16H24O4. The molecule has 1 aromatic rings. The lowest BCUT2D eigenvalue weighted by molar-refractivity contribution is 0.0261. The van der Waals surface area contributed by atoms with Gasteiger partial charge in [0, 0.05) is 12.2 Å². The van der Waals surface area contributed by atoms with Gasteiger partial charge in [-0.05, 0) is 30.2 Å². The fourth-order valence-electron chi connectivity index (χ4n) is 1.48. The first-order valence-corrected chi connectivity index (χ1v) is 7.09. The first kappa shape index (κ1) is 16.7. The maximum atomic E-state index is 10.5. The van der Waals surface area contributed by atoms with Gasteiger partial charge in [-0.2, -0.15) is 0 Å². The van der Waals surface area contributed by atoms with E-state index in [1.807, 2.05) is 0 Å². The van der Waals surface area contributed by atoms with Crippen LogP contribution in [0.3, 0.4) is 0 Å². The van der Waals surface area contributed by atoms with Gasteiger partial charge >= 0.3 is 0 Å². The van der Waals surface area contributed by atoms with Crippen LogP contribution in [0.2, 0.25) is 0 Å². The van der Waals surface area contributed by atoms with E-state index in [-0.39, 0.29) is 0 Å². The van der Waals surface area contributed by atoms with Crippen LogP contribution in [0.5, 0.6) is 5.75 Å². The Morgan fingerprint density at radius 3 is 2.35 bits per heavy atom. The topological polar surface area (TPSA) is 44.8 Å². The van der Waals surface area contributed by atoms with Gasteiger partial charge in [-0.3, -0.25) is 4.79 Å². The molecule has 0 saturated carbocycles. The highest BCUT2D eigenvalue weighted by Gasteiger charge is 1.98. The largest absolute Gasteiger partial charge is 0.491 e. The van der Waals surface area contributed by atoms with Crippen molar-refractivity contribution >= 4 is 6.29 Å². The van der Waals surface area contributed by atoms with Crippen molar-refractivity contribution in [1.29, 1.82) is 0 Å². The molecule has 1 atom stereocenters. The normalized spacial score (nSPS) is 12.1. The third kappa shape index (κ3) is 7.26. The maximum Gasteiger partial charge on any atom is 0.150 e. The van der Waals surface area contributed by atoms with Crippen molar-refractivity contribution in [2.45, 2.75) is 20.3 Å². The highest BCUT2D eigenvalue weighted by molar-refractivity contribution is 5.74. The molecule has 0 amide bonds. The Balaban J connectivity index is 1.97. The third-order valence-corrected chi connectivity index (χ3v) is 2.98. The lowest BCUT2D eigenvalue weighted by Crippen LogP contribution is -2.13. The average Bonchev–Trinajstić information content (AvgIpc) is 2.50. The fourth-order valence-corrected chi connectivity index (χ4v) is 1.48. The van der Waals surface area contributed by atoms with Crippen LogP contribution in [0.1, 0.15) is 30.6 Å². The Labute approximate surface area is 121 Å². The maximum absolute atomic E-state index is 10.5. The van der Waals surface area contributed by atoms with Gasteiger partial charge in [0.1, 0.15) is 18.6 Å². The first-order chi connectivity index (χ1) is 9.76. The summed E-state index contributed by atoms with van der Waals surface area (Å²) in [6.45, 7) is 7.35. The number of carbonyl (C=O) groups excluding carboxylic acids is 1. The average molecular weight is 280 g/mol. The summed E-state index contributed by atoms with van der Waals surface area (Å²) in [5.41, 5.74) is 0.645. The summed E-state index contributed by atoms with van der Waals surface area (Å²) in [5, 5.41) is 0. The molecule has 0 heterocycles. The Kier molecular flexibility index (Phi) is 8.67. The standard InChI is InChI=1S/C16H24O4/c1-3-14(2)13-19-9-8-18-10-11-20-16-6-4-15(12-17)5-7-16/h4-7,12,14H,3,8-11,13H2,1-2H3. The van der Waals surface area contributed by atoms with Crippen LogP contribution in [-0.4, -0.2) is 39.3 Å². The van der Waals surface area contributed by atoms with E-state index in [4.69, 9.17) is 14.2 Å². The van der Waals surface area contributed by atoms with E-state index >= 15 is 0 Å². The molecule has 0 fully saturated rings. The second-order valence-corrected chi connectivity index (χ2v) is 4.74. The minimum absolute atomic E-state index is 0.492. The van der Waals surface area contributed by atoms with E-state index in [2.05, 4.69) is 13.8 Å². The molecule has 1 rings (SSSR count). The van der Waals surface area contributed by atoms with Gasteiger partial charge < -0.3 is 14.2 Å². The first-order valence-electron chi connectivity index (χ1n) is 7.09. The van der Waals surface area contributed by atoms with E-state index in [1.54, 1.807) is 24.3 Å². The summed E-state index contributed by atoms with van der Waals surface area (Å²) < 4.78 is 16.4. The lowest BCUT2D eigenvalue weighted by atomic mass is 10.1. The zero-order chi connectivity index (χ0) is 14.6. The molecule has 0 bridgehead atoms. The molecule has 0 aliphatic heterocycles. The number of benzene rings is 1. The third-order valence-electron chi connectivity index (χ3n) is 2.98. The summed E-state index contributed by atoms with van der Waals surface area (Å²) in [5.74, 6) is 1.35. The van der Waals surface area contributed by atoms with Gasteiger partial charge in [0.2, 0.25) is 0 Å². The molecule has 112 valence electrons. The van der Waals surface area contributed by atoms with Crippen LogP contribution < -0.4 is 4.74 Å². The number of rotatable bonds is 11. The highest BCUT2D eigenvalue weighted by atomic mass is 16.5. The van der Waals surface area contributed by atoms with E-state index in [0.717, 1.165) is 25.1 Å². The van der Waals surface area contributed by atoms with Crippen molar-refractivity contribution in [3.63, 3.8) is 0 Å². The van der Waals surface area contributed by atoms with Crippen molar-refractivity contribution in [2.75, 3.05) is 33.0 Å². The number of aldehydes is 1. The molecule has 0 radical (unpaired) electrons. The minimum Gasteiger partial charge on any atom is -0.491 e. The molecular weight excluding hydrogens is 256 g/mol. The second kappa shape index (κ2) is 10.4. The molecule has 0 aliphatic rings. The molecule has 20 heavy (non-hydrogen) atoms. The van der Waals surface area contributed by atoms with Gasteiger partial charge in [-0.25, -0.2) is 0 Å². The number of ether oxygens (including phenoxy) is 3. The van der Waals surface area contributed by atoms with E-state index < -0.39 is 0 Å². The quantitative estimate of drug-likeness (QED) is 0.462. The SMILES string of the molecule is CCC(C)COCCOCCOc1ccc(C=O)cc1. The van der Waals surface area contributed by atoms with Gasteiger partial charge in [0.25, 0.3) is 0 Å². The molecule has 0 saturated heterocycles. The van der Waals surface area contributed by atoms with Crippen LogP contribution in [-0.2, 0) is 9.47 Å². The number of carbonyl (C=O) groups is 1. The monoisotopic (exact) mass is 280 g/mol. The summed E-state index contributed by atoms with van der Waals surface area (Å²) in [4.78, 5) is 10.5. The second-order valence-electron chi connectivity index (χ2n) is 4.74. The van der Waals surface area contributed by atoms with Crippen LogP contribution in [0.4, 0.5) is 0 Å². The highest BCUT2D eigenvalue weighted by Crippen LogP contribution is 2.10. The van der Waals surface area contributed by atoms with Crippen LogP contribution in [0.15, 0.2) is 24.3 Å². The fraction of sp³-hybridized carbons (Fsp3) is 0.562. The minimum atomic E-state index is 0.492. The zero-order valence-electron chi connectivity index (χ0n) is 12.3. The summed E-state index contributed by atoms with van der Waals surface area (Å²) >= 11 is 0. The molecule has 4 nitrogen and oxygen atoms in total. The van der Waals surface area contributed by atoms with Crippen molar-refractivity contribution in [2.24, 2.45) is 5.92 Å². The molecule has 0 aromatic heterocycles. The zero-order valence-corrected chi connectivity index (χ0v) is 12.3. The van der Waals surface area contributed by atoms with E-state index in [1.165, 1.54) is 0 Å². The Morgan fingerprint density at radius 2 is 1.70 bits per heavy atom. The van der Waals surface area contributed by atoms with Gasteiger partial charge in [-0.15, -0.1) is 0 Å². The van der Waals surface area contributed by atoms with Crippen LogP contribution >= 0.6 is 0 Å². The Morgan fingerprint density at radius 1 is 1.05 bits per heavy atom. The van der Waals surface area contributed by atoms with Crippen molar-refractivity contribution in [1.82, 2.24) is 0 Å². The van der Waals surface area contributed by atoms with E-state index in [9.17, 15) is 4.79 Å².